The van der Waals surface area contributed by atoms with Crippen LogP contribution >= 0.6 is 11.8 Å². The monoisotopic (exact) mass is 590 g/mol. The summed E-state index contributed by atoms with van der Waals surface area (Å²) in [5, 5.41) is 9.20. The van der Waals surface area contributed by atoms with Gasteiger partial charge < -0.3 is 19.6 Å². The molecule has 41 heavy (non-hydrogen) atoms. The van der Waals surface area contributed by atoms with Crippen LogP contribution in [0.4, 0.5) is 0 Å². The number of aliphatic hydroxyl groups is 1. The van der Waals surface area contributed by atoms with E-state index in [2.05, 4.69) is 54.7 Å². The SMILES string of the molecule is C=CCCCOC(=O)[C@H]1[C@H]2C(=O)N(CCCCCCO)C(C(=O)N(CC=C)C(C)(C)CC(C)(C)C)C23CC[C@]1(C)S3. The zero-order valence-electron chi connectivity index (χ0n) is 26.4. The van der Waals surface area contributed by atoms with Gasteiger partial charge in [-0.2, -0.15) is 0 Å². The standard InChI is InChI=1S/C33H54N2O5S/c1-9-11-16-22-40-29(39)25-24-27(37)34(20-14-12-13-15-21-36)26(33(24)18-17-32(25,8)41-33)28(38)35(19-10-2)31(6,7)23-30(3,4)5/h9-10,24-26,36H,1-2,11-23H2,3-8H3/t24-,25+,26?,32-,33?/m0/s1. The van der Waals surface area contributed by atoms with E-state index in [1.807, 2.05) is 15.9 Å². The summed E-state index contributed by atoms with van der Waals surface area (Å²) in [4.78, 5) is 46.5. The molecule has 0 aromatic heterocycles. The summed E-state index contributed by atoms with van der Waals surface area (Å²) in [6, 6.07) is -0.637. The molecule has 3 aliphatic rings. The summed E-state index contributed by atoms with van der Waals surface area (Å²) in [5.41, 5.74) is -0.459. The van der Waals surface area contributed by atoms with Crippen LogP contribution in [0.3, 0.4) is 0 Å². The molecule has 1 spiro atoms. The van der Waals surface area contributed by atoms with Crippen LogP contribution in [0.15, 0.2) is 25.3 Å². The molecule has 0 saturated carbocycles. The third kappa shape index (κ3) is 6.90. The Labute approximate surface area is 252 Å². The number of amides is 2. The molecule has 232 valence electrons. The minimum atomic E-state index is -0.657. The maximum absolute atomic E-state index is 14.8. The van der Waals surface area contributed by atoms with Crippen LogP contribution in [0.5, 0.6) is 0 Å². The van der Waals surface area contributed by atoms with Crippen molar-refractivity contribution in [3.05, 3.63) is 25.3 Å². The number of hydrogen-bond donors (Lipinski definition) is 1. The van der Waals surface area contributed by atoms with E-state index in [9.17, 15) is 19.5 Å². The molecule has 3 saturated heterocycles. The van der Waals surface area contributed by atoms with Crippen molar-refractivity contribution >= 4 is 29.5 Å². The summed E-state index contributed by atoms with van der Waals surface area (Å²) >= 11 is 1.70. The Bertz CT molecular complexity index is 991. The summed E-state index contributed by atoms with van der Waals surface area (Å²) in [7, 11) is 0. The fraction of sp³-hybridized carbons (Fsp3) is 0.788. The van der Waals surface area contributed by atoms with Crippen molar-refractivity contribution in [1.29, 1.82) is 0 Å². The van der Waals surface area contributed by atoms with Gasteiger partial charge >= 0.3 is 5.97 Å². The smallest absolute Gasteiger partial charge is 0.311 e. The number of carbonyl (C=O) groups is 3. The fourth-order valence-electron chi connectivity index (χ4n) is 7.85. The van der Waals surface area contributed by atoms with Crippen LogP contribution in [0, 0.1) is 17.3 Å². The molecule has 3 fully saturated rings. The molecule has 2 unspecified atom stereocenters. The van der Waals surface area contributed by atoms with E-state index in [1.54, 1.807) is 17.8 Å². The molecule has 0 aromatic carbocycles. The molecule has 0 aliphatic carbocycles. The van der Waals surface area contributed by atoms with Crippen molar-refractivity contribution in [2.75, 3.05) is 26.3 Å². The Kier molecular flexibility index (Phi) is 10.9. The van der Waals surface area contributed by atoms with Gasteiger partial charge in [0.25, 0.3) is 0 Å². The number of aliphatic hydroxyl groups excluding tert-OH is 1. The molecule has 1 N–H and O–H groups in total. The van der Waals surface area contributed by atoms with Crippen molar-refractivity contribution < 1.29 is 24.2 Å². The Morgan fingerprint density at radius 3 is 2.39 bits per heavy atom. The molecule has 2 amide bonds. The van der Waals surface area contributed by atoms with Crippen molar-refractivity contribution in [1.82, 2.24) is 9.80 Å². The second kappa shape index (κ2) is 13.2. The molecule has 3 aliphatic heterocycles. The Balaban J connectivity index is 2.00. The summed E-state index contributed by atoms with van der Waals surface area (Å²) in [6.07, 6.45) is 10.6. The average molecular weight is 591 g/mol. The van der Waals surface area contributed by atoms with E-state index in [0.717, 1.165) is 51.4 Å². The summed E-state index contributed by atoms with van der Waals surface area (Å²) in [6.45, 7) is 21.9. The number of hydrogen-bond acceptors (Lipinski definition) is 6. The molecule has 0 aromatic rings. The molecular weight excluding hydrogens is 536 g/mol. The third-order valence-electron chi connectivity index (χ3n) is 9.14. The van der Waals surface area contributed by atoms with E-state index < -0.39 is 32.9 Å². The fourth-order valence-corrected chi connectivity index (χ4v) is 10.2. The van der Waals surface area contributed by atoms with Crippen molar-refractivity contribution in [3.63, 3.8) is 0 Å². The molecule has 3 rings (SSSR count). The highest BCUT2D eigenvalue weighted by molar-refractivity contribution is 8.02. The van der Waals surface area contributed by atoms with Gasteiger partial charge in [0.1, 0.15) is 6.04 Å². The Morgan fingerprint density at radius 2 is 1.78 bits per heavy atom. The highest BCUT2D eigenvalue weighted by atomic mass is 32.2. The molecule has 0 radical (unpaired) electrons. The number of allylic oxidation sites excluding steroid dienone is 1. The number of unbranched alkanes of at least 4 members (excludes halogenated alkanes) is 4. The molecule has 8 heteroatoms. The van der Waals surface area contributed by atoms with Gasteiger partial charge in [0.15, 0.2) is 0 Å². The lowest BCUT2D eigenvalue weighted by Gasteiger charge is -2.46. The zero-order chi connectivity index (χ0) is 30.6. The molecular formula is C33H54N2O5S. The zero-order valence-corrected chi connectivity index (χ0v) is 27.2. The lowest BCUT2D eigenvalue weighted by atomic mass is 9.66. The number of carbonyl (C=O) groups excluding carboxylic acids is 3. The van der Waals surface area contributed by atoms with E-state index in [4.69, 9.17) is 4.74 Å². The molecule has 5 atom stereocenters. The Hall–Kier alpha value is -1.80. The summed E-state index contributed by atoms with van der Waals surface area (Å²) < 4.78 is 4.65. The topological polar surface area (TPSA) is 87.1 Å². The Morgan fingerprint density at radius 1 is 1.10 bits per heavy atom. The maximum atomic E-state index is 14.8. The van der Waals surface area contributed by atoms with Gasteiger partial charge in [0.05, 0.1) is 23.2 Å². The number of fused-ring (bicyclic) bond motifs is 1. The first-order valence-electron chi connectivity index (χ1n) is 15.5. The maximum Gasteiger partial charge on any atom is 0.311 e. The lowest BCUT2D eigenvalue weighted by molar-refractivity contribution is -0.155. The van der Waals surface area contributed by atoms with Crippen LogP contribution in [-0.4, -0.2) is 80.1 Å². The van der Waals surface area contributed by atoms with Crippen LogP contribution in [0.1, 0.15) is 99.3 Å². The molecule has 7 nitrogen and oxygen atoms in total. The van der Waals surface area contributed by atoms with Gasteiger partial charge in [-0.25, -0.2) is 0 Å². The number of thioether (sulfide) groups is 1. The first-order chi connectivity index (χ1) is 19.2. The predicted molar refractivity (Wildman–Crippen MR) is 166 cm³/mol. The second-order valence-corrected chi connectivity index (χ2v) is 16.2. The largest absolute Gasteiger partial charge is 0.465 e. The highest BCUT2D eigenvalue weighted by Crippen LogP contribution is 2.71. The van der Waals surface area contributed by atoms with Gasteiger partial charge in [0.2, 0.25) is 11.8 Å². The van der Waals surface area contributed by atoms with Crippen molar-refractivity contribution in [2.45, 2.75) is 120 Å². The van der Waals surface area contributed by atoms with Gasteiger partial charge in [-0.05, 0) is 71.1 Å². The minimum absolute atomic E-state index is 0.00357. The number of likely N-dealkylation sites (tertiary alicyclic amines) is 1. The lowest BCUT2D eigenvalue weighted by Crippen LogP contribution is -2.60. The number of ether oxygens (including phenoxy) is 1. The normalized spacial score (nSPS) is 29.0. The first kappa shape index (κ1) is 33.7. The third-order valence-corrected chi connectivity index (χ3v) is 11.1. The predicted octanol–water partition coefficient (Wildman–Crippen LogP) is 5.76. The second-order valence-electron chi connectivity index (χ2n) is 14.3. The van der Waals surface area contributed by atoms with E-state index >= 15 is 0 Å². The summed E-state index contributed by atoms with van der Waals surface area (Å²) in [5.74, 6) is -1.57. The van der Waals surface area contributed by atoms with Crippen molar-refractivity contribution in [2.24, 2.45) is 17.3 Å². The van der Waals surface area contributed by atoms with Crippen LogP contribution in [0.2, 0.25) is 0 Å². The van der Waals surface area contributed by atoms with Gasteiger partial charge in [-0.1, -0.05) is 45.8 Å². The average Bonchev–Trinajstić information content (AvgIpc) is 3.44. The van der Waals surface area contributed by atoms with Crippen LogP contribution < -0.4 is 0 Å². The molecule has 2 bridgehead atoms. The van der Waals surface area contributed by atoms with E-state index in [1.165, 1.54) is 0 Å². The van der Waals surface area contributed by atoms with Gasteiger partial charge in [-0.3, -0.25) is 14.4 Å². The minimum Gasteiger partial charge on any atom is -0.465 e. The number of nitrogens with zero attached hydrogens (tertiary/aromatic N) is 2. The number of esters is 1. The van der Waals surface area contributed by atoms with E-state index in [-0.39, 0.29) is 29.8 Å². The van der Waals surface area contributed by atoms with E-state index in [0.29, 0.717) is 26.1 Å². The van der Waals surface area contributed by atoms with Crippen LogP contribution in [-0.2, 0) is 19.1 Å². The van der Waals surface area contributed by atoms with Crippen molar-refractivity contribution in [3.8, 4) is 0 Å². The van der Waals surface area contributed by atoms with Crippen LogP contribution in [0.25, 0.3) is 0 Å². The molecule has 3 heterocycles. The quantitative estimate of drug-likeness (QED) is 0.140. The first-order valence-corrected chi connectivity index (χ1v) is 16.3. The van der Waals surface area contributed by atoms with Gasteiger partial charge in [-0.15, -0.1) is 24.9 Å². The van der Waals surface area contributed by atoms with Gasteiger partial charge in [0, 0.05) is 30.0 Å². The number of rotatable bonds is 16. The highest BCUT2D eigenvalue weighted by Gasteiger charge is 2.77.